The highest BCUT2D eigenvalue weighted by atomic mass is 32.1. The van der Waals surface area contributed by atoms with Gasteiger partial charge in [0.2, 0.25) is 0 Å². The number of hydrogen-bond acceptors (Lipinski definition) is 4. The molecule has 1 aromatic rings. The number of hydrogen-bond donors (Lipinski definition) is 1. The first kappa shape index (κ1) is 12.8. The summed E-state index contributed by atoms with van der Waals surface area (Å²) in [5.74, 6) is 1.81. The molecule has 3 nitrogen and oxygen atoms in total. The smallest absolute Gasteiger partial charge is 0.185 e. The summed E-state index contributed by atoms with van der Waals surface area (Å²) in [6, 6.07) is 0. The third kappa shape index (κ3) is 3.19. The maximum Gasteiger partial charge on any atom is 0.185 e. The monoisotopic (exact) mass is 253 g/mol. The van der Waals surface area contributed by atoms with Gasteiger partial charge in [0, 0.05) is 25.0 Å². The van der Waals surface area contributed by atoms with Gasteiger partial charge in [-0.15, -0.1) is 11.3 Å². The van der Waals surface area contributed by atoms with E-state index in [4.69, 9.17) is 0 Å². The van der Waals surface area contributed by atoms with E-state index >= 15 is 0 Å². The molecular formula is C13H23N3S. The summed E-state index contributed by atoms with van der Waals surface area (Å²) in [6.07, 6.45) is 1.39. The number of aryl methyl sites for hydroxylation is 1. The molecule has 0 bridgehead atoms. The molecule has 1 heterocycles. The normalized spacial score (nSPS) is 22.8. The zero-order valence-corrected chi connectivity index (χ0v) is 12.1. The molecule has 0 spiro atoms. The number of aromatic nitrogens is 1. The van der Waals surface area contributed by atoms with E-state index in [2.05, 4.69) is 43.0 Å². The van der Waals surface area contributed by atoms with Gasteiger partial charge in [-0.1, -0.05) is 13.8 Å². The van der Waals surface area contributed by atoms with Crippen molar-refractivity contribution in [2.45, 2.75) is 33.7 Å². The Morgan fingerprint density at radius 3 is 2.82 bits per heavy atom. The molecule has 1 aromatic heterocycles. The van der Waals surface area contributed by atoms with Crippen LogP contribution < -0.4 is 10.2 Å². The van der Waals surface area contributed by atoms with Crippen LogP contribution in [-0.4, -0.2) is 25.1 Å². The Bertz CT molecular complexity index is 375. The van der Waals surface area contributed by atoms with Gasteiger partial charge in [-0.3, -0.25) is 0 Å². The van der Waals surface area contributed by atoms with E-state index in [0.29, 0.717) is 0 Å². The Kier molecular flexibility index (Phi) is 4.05. The van der Waals surface area contributed by atoms with Crippen LogP contribution in [0.2, 0.25) is 0 Å². The predicted molar refractivity (Wildman–Crippen MR) is 74.8 cm³/mol. The highest BCUT2D eigenvalue weighted by Gasteiger charge is 2.33. The van der Waals surface area contributed by atoms with Crippen LogP contribution in [0.15, 0.2) is 0 Å². The highest BCUT2D eigenvalue weighted by Crippen LogP contribution is 2.39. The molecule has 0 saturated heterocycles. The van der Waals surface area contributed by atoms with E-state index in [1.165, 1.54) is 22.1 Å². The fourth-order valence-electron chi connectivity index (χ4n) is 2.06. The van der Waals surface area contributed by atoms with Crippen molar-refractivity contribution in [3.63, 3.8) is 0 Å². The molecule has 2 unspecified atom stereocenters. The first-order valence-electron chi connectivity index (χ1n) is 6.50. The second-order valence-corrected chi connectivity index (χ2v) is 6.20. The Hall–Kier alpha value is -0.610. The van der Waals surface area contributed by atoms with E-state index in [-0.39, 0.29) is 0 Å². The lowest BCUT2D eigenvalue weighted by Gasteiger charge is -2.14. The fraction of sp³-hybridized carbons (Fsp3) is 0.769. The first-order chi connectivity index (χ1) is 8.11. The van der Waals surface area contributed by atoms with E-state index in [0.717, 1.165) is 31.5 Å². The summed E-state index contributed by atoms with van der Waals surface area (Å²) in [7, 11) is 2.17. The van der Waals surface area contributed by atoms with Crippen molar-refractivity contribution >= 4 is 16.5 Å². The van der Waals surface area contributed by atoms with E-state index < -0.39 is 0 Å². The number of nitrogens with one attached hydrogen (secondary N) is 1. The van der Waals surface area contributed by atoms with Crippen LogP contribution in [0.5, 0.6) is 0 Å². The Morgan fingerprint density at radius 1 is 1.53 bits per heavy atom. The van der Waals surface area contributed by atoms with E-state index in [1.54, 1.807) is 0 Å². The van der Waals surface area contributed by atoms with Crippen LogP contribution in [0.1, 0.15) is 30.8 Å². The van der Waals surface area contributed by atoms with Crippen molar-refractivity contribution in [2.75, 3.05) is 25.0 Å². The van der Waals surface area contributed by atoms with Crippen LogP contribution in [0.4, 0.5) is 5.13 Å². The molecule has 1 fully saturated rings. The van der Waals surface area contributed by atoms with Gasteiger partial charge in [0.15, 0.2) is 5.13 Å². The Labute approximate surface area is 108 Å². The average Bonchev–Trinajstić information content (AvgIpc) is 2.85. The molecule has 0 amide bonds. The van der Waals surface area contributed by atoms with Gasteiger partial charge in [-0.05, 0) is 31.7 Å². The quantitative estimate of drug-likeness (QED) is 0.845. The minimum atomic E-state index is 0.890. The molecule has 1 saturated carbocycles. The summed E-state index contributed by atoms with van der Waals surface area (Å²) < 4.78 is 0. The summed E-state index contributed by atoms with van der Waals surface area (Å²) in [5.41, 5.74) is 1.18. The topological polar surface area (TPSA) is 28.2 Å². The van der Waals surface area contributed by atoms with Gasteiger partial charge in [0.05, 0.1) is 5.69 Å². The van der Waals surface area contributed by atoms with Crippen molar-refractivity contribution in [3.8, 4) is 0 Å². The third-order valence-electron chi connectivity index (χ3n) is 3.53. The van der Waals surface area contributed by atoms with Gasteiger partial charge in [0.1, 0.15) is 0 Å². The largest absolute Gasteiger partial charge is 0.351 e. The summed E-state index contributed by atoms with van der Waals surface area (Å²) in [6.45, 7) is 9.71. The standard InChI is InChI=1S/C13H23N3S/c1-5-14-7-12-10(3)15-13(17-12)16(4)8-11-6-9(11)2/h9,11,14H,5-8H2,1-4H3. The molecule has 4 heteroatoms. The second kappa shape index (κ2) is 5.36. The number of rotatable bonds is 6. The second-order valence-electron chi connectivity index (χ2n) is 5.14. The van der Waals surface area contributed by atoms with Crippen LogP contribution in [0.25, 0.3) is 0 Å². The molecule has 2 atom stereocenters. The Morgan fingerprint density at radius 2 is 2.24 bits per heavy atom. The maximum atomic E-state index is 4.67. The van der Waals surface area contributed by atoms with Crippen LogP contribution in [0, 0.1) is 18.8 Å². The maximum absolute atomic E-state index is 4.67. The molecule has 1 N–H and O–H groups in total. The minimum absolute atomic E-state index is 0.890. The van der Waals surface area contributed by atoms with Gasteiger partial charge >= 0.3 is 0 Å². The molecule has 96 valence electrons. The van der Waals surface area contributed by atoms with Crippen molar-refractivity contribution in [3.05, 3.63) is 10.6 Å². The Balaban J connectivity index is 1.95. The SMILES string of the molecule is CCNCc1sc(N(C)CC2CC2C)nc1C. The molecule has 17 heavy (non-hydrogen) atoms. The molecule has 2 rings (SSSR count). The first-order valence-corrected chi connectivity index (χ1v) is 7.31. The van der Waals surface area contributed by atoms with Gasteiger partial charge in [-0.25, -0.2) is 4.98 Å². The molecular weight excluding hydrogens is 230 g/mol. The average molecular weight is 253 g/mol. The van der Waals surface area contributed by atoms with Crippen molar-refractivity contribution < 1.29 is 0 Å². The number of anilines is 1. The van der Waals surface area contributed by atoms with Crippen LogP contribution >= 0.6 is 11.3 Å². The zero-order valence-electron chi connectivity index (χ0n) is 11.3. The zero-order chi connectivity index (χ0) is 12.4. The summed E-state index contributed by atoms with van der Waals surface area (Å²) in [5, 5.41) is 4.55. The lowest BCUT2D eigenvalue weighted by molar-refractivity contribution is 0.722. The van der Waals surface area contributed by atoms with E-state index in [9.17, 15) is 0 Å². The lowest BCUT2D eigenvalue weighted by Crippen LogP contribution is -2.20. The van der Waals surface area contributed by atoms with Crippen LogP contribution in [0.3, 0.4) is 0 Å². The molecule has 1 aliphatic rings. The third-order valence-corrected chi connectivity index (χ3v) is 4.80. The predicted octanol–water partition coefficient (Wildman–Crippen LogP) is 2.65. The molecule has 0 radical (unpaired) electrons. The van der Waals surface area contributed by atoms with E-state index in [1.807, 2.05) is 11.3 Å². The summed E-state index contributed by atoms with van der Waals surface area (Å²) >= 11 is 1.83. The van der Waals surface area contributed by atoms with Gasteiger partial charge < -0.3 is 10.2 Å². The fourth-order valence-corrected chi connectivity index (χ4v) is 3.06. The van der Waals surface area contributed by atoms with Crippen molar-refractivity contribution in [2.24, 2.45) is 11.8 Å². The highest BCUT2D eigenvalue weighted by molar-refractivity contribution is 7.15. The van der Waals surface area contributed by atoms with Gasteiger partial charge in [-0.2, -0.15) is 0 Å². The summed E-state index contributed by atoms with van der Waals surface area (Å²) in [4.78, 5) is 8.37. The van der Waals surface area contributed by atoms with Gasteiger partial charge in [0.25, 0.3) is 0 Å². The lowest BCUT2D eigenvalue weighted by atomic mass is 10.3. The molecule has 0 aromatic carbocycles. The minimum Gasteiger partial charge on any atom is -0.351 e. The van der Waals surface area contributed by atoms with Crippen molar-refractivity contribution in [1.82, 2.24) is 10.3 Å². The van der Waals surface area contributed by atoms with Crippen LogP contribution in [-0.2, 0) is 6.54 Å². The molecule has 0 aliphatic heterocycles. The number of nitrogens with zero attached hydrogens (tertiary/aromatic N) is 2. The van der Waals surface area contributed by atoms with Crippen molar-refractivity contribution in [1.29, 1.82) is 0 Å². The number of thiazole rings is 1. The molecule has 1 aliphatic carbocycles.